The van der Waals surface area contributed by atoms with Gasteiger partial charge >= 0.3 is 0 Å². The summed E-state index contributed by atoms with van der Waals surface area (Å²) in [5.74, 6) is 0.122. The standard InChI is InChI=1S/C12H13NO2/c1-8(14)13-11-6-7-12(15)10-5-3-2-4-9(10)11/h2-5,11H,6-7H2,1H3,(H,13,14). The molecule has 1 amide bonds. The summed E-state index contributed by atoms with van der Waals surface area (Å²) < 4.78 is 0. The number of carbonyl (C=O) groups is 2. The van der Waals surface area contributed by atoms with E-state index in [9.17, 15) is 9.59 Å². The first-order valence-corrected chi connectivity index (χ1v) is 5.07. The Hall–Kier alpha value is -1.64. The minimum absolute atomic E-state index is 0.00333. The Balaban J connectivity index is 2.36. The molecule has 0 aliphatic heterocycles. The zero-order chi connectivity index (χ0) is 10.8. The lowest BCUT2D eigenvalue weighted by Crippen LogP contribution is -2.30. The first-order chi connectivity index (χ1) is 7.18. The van der Waals surface area contributed by atoms with Crippen LogP contribution in [-0.2, 0) is 4.79 Å². The predicted octanol–water partition coefficient (Wildman–Crippen LogP) is 1.84. The number of hydrogen-bond donors (Lipinski definition) is 1. The van der Waals surface area contributed by atoms with Gasteiger partial charge in [-0.1, -0.05) is 24.3 Å². The van der Waals surface area contributed by atoms with Crippen molar-refractivity contribution in [2.24, 2.45) is 0 Å². The summed E-state index contributed by atoms with van der Waals surface area (Å²) in [6.45, 7) is 1.50. The number of carbonyl (C=O) groups excluding carboxylic acids is 2. The van der Waals surface area contributed by atoms with Crippen molar-refractivity contribution >= 4 is 11.7 Å². The lowest BCUT2D eigenvalue weighted by atomic mass is 9.87. The molecule has 1 N–H and O–H groups in total. The molecule has 0 radical (unpaired) electrons. The van der Waals surface area contributed by atoms with Gasteiger partial charge < -0.3 is 5.32 Å². The van der Waals surface area contributed by atoms with Crippen LogP contribution in [0.4, 0.5) is 0 Å². The predicted molar refractivity (Wildman–Crippen MR) is 56.6 cm³/mol. The van der Waals surface area contributed by atoms with Crippen LogP contribution < -0.4 is 5.32 Å². The molecule has 0 heterocycles. The molecule has 3 heteroatoms. The highest BCUT2D eigenvalue weighted by atomic mass is 16.1. The number of amides is 1. The van der Waals surface area contributed by atoms with Gasteiger partial charge in [0.2, 0.25) is 5.91 Å². The molecule has 3 nitrogen and oxygen atoms in total. The van der Waals surface area contributed by atoms with E-state index < -0.39 is 0 Å². The van der Waals surface area contributed by atoms with Gasteiger partial charge in [-0.3, -0.25) is 9.59 Å². The maximum atomic E-state index is 11.6. The Bertz CT molecular complexity index is 412. The Morgan fingerprint density at radius 1 is 1.40 bits per heavy atom. The molecule has 1 unspecified atom stereocenters. The fourth-order valence-electron chi connectivity index (χ4n) is 2.02. The van der Waals surface area contributed by atoms with E-state index in [1.807, 2.05) is 24.3 Å². The molecule has 0 fully saturated rings. The first kappa shape index (κ1) is 9.90. The van der Waals surface area contributed by atoms with Crippen molar-refractivity contribution in [1.29, 1.82) is 0 Å². The molecule has 0 saturated carbocycles. The van der Waals surface area contributed by atoms with E-state index in [2.05, 4.69) is 5.32 Å². The van der Waals surface area contributed by atoms with E-state index in [4.69, 9.17) is 0 Å². The molecule has 1 atom stereocenters. The molecule has 0 bridgehead atoms. The largest absolute Gasteiger partial charge is 0.350 e. The van der Waals surface area contributed by atoms with Gasteiger partial charge in [-0.2, -0.15) is 0 Å². The van der Waals surface area contributed by atoms with Gasteiger partial charge in [0.25, 0.3) is 0 Å². The number of ketones is 1. The third-order valence-corrected chi connectivity index (χ3v) is 2.67. The van der Waals surface area contributed by atoms with Crippen molar-refractivity contribution in [2.75, 3.05) is 0 Å². The topological polar surface area (TPSA) is 46.2 Å². The second kappa shape index (κ2) is 3.85. The highest BCUT2D eigenvalue weighted by molar-refractivity contribution is 5.98. The normalized spacial score (nSPS) is 19.5. The summed E-state index contributed by atoms with van der Waals surface area (Å²) >= 11 is 0. The number of Topliss-reactive ketones (excluding diaryl/α,β-unsaturated/α-hetero) is 1. The summed E-state index contributed by atoms with van der Waals surface area (Å²) in [6.07, 6.45) is 1.22. The average molecular weight is 203 g/mol. The van der Waals surface area contributed by atoms with Crippen molar-refractivity contribution in [2.45, 2.75) is 25.8 Å². The highest BCUT2D eigenvalue weighted by Gasteiger charge is 2.25. The fourth-order valence-corrected chi connectivity index (χ4v) is 2.02. The summed E-state index contributed by atoms with van der Waals surface area (Å²) in [5.41, 5.74) is 1.70. The summed E-state index contributed by atoms with van der Waals surface area (Å²) in [6, 6.07) is 7.48. The van der Waals surface area contributed by atoms with E-state index in [1.54, 1.807) is 0 Å². The second-order valence-corrected chi connectivity index (χ2v) is 3.80. The van der Waals surface area contributed by atoms with E-state index in [0.29, 0.717) is 12.8 Å². The lowest BCUT2D eigenvalue weighted by molar-refractivity contribution is -0.119. The quantitative estimate of drug-likeness (QED) is 0.757. The van der Waals surface area contributed by atoms with Crippen molar-refractivity contribution in [1.82, 2.24) is 5.32 Å². The molecule has 78 valence electrons. The number of rotatable bonds is 1. The number of hydrogen-bond acceptors (Lipinski definition) is 2. The van der Waals surface area contributed by atoms with Crippen LogP contribution in [0.5, 0.6) is 0 Å². The van der Waals surface area contributed by atoms with E-state index in [0.717, 1.165) is 11.1 Å². The average Bonchev–Trinajstić information content (AvgIpc) is 2.22. The van der Waals surface area contributed by atoms with Crippen molar-refractivity contribution in [3.63, 3.8) is 0 Å². The Morgan fingerprint density at radius 3 is 2.87 bits per heavy atom. The minimum Gasteiger partial charge on any atom is -0.350 e. The van der Waals surface area contributed by atoms with Crippen LogP contribution in [-0.4, -0.2) is 11.7 Å². The molecular weight excluding hydrogens is 190 g/mol. The zero-order valence-corrected chi connectivity index (χ0v) is 8.62. The Morgan fingerprint density at radius 2 is 2.13 bits per heavy atom. The Labute approximate surface area is 88.5 Å². The van der Waals surface area contributed by atoms with Crippen molar-refractivity contribution < 1.29 is 9.59 Å². The zero-order valence-electron chi connectivity index (χ0n) is 8.62. The van der Waals surface area contributed by atoms with Gasteiger partial charge in [0.15, 0.2) is 5.78 Å². The SMILES string of the molecule is CC(=O)NC1CCC(=O)c2ccccc21. The highest BCUT2D eigenvalue weighted by Crippen LogP contribution is 2.29. The molecule has 2 rings (SSSR count). The molecule has 1 aromatic carbocycles. The van der Waals surface area contributed by atoms with Crippen LogP contribution >= 0.6 is 0 Å². The van der Waals surface area contributed by atoms with Crippen LogP contribution in [0.3, 0.4) is 0 Å². The monoisotopic (exact) mass is 203 g/mol. The van der Waals surface area contributed by atoms with Crippen LogP contribution in [0.2, 0.25) is 0 Å². The van der Waals surface area contributed by atoms with E-state index >= 15 is 0 Å². The molecule has 0 spiro atoms. The van der Waals surface area contributed by atoms with Crippen LogP contribution in [0.1, 0.15) is 41.7 Å². The van der Waals surface area contributed by atoms with E-state index in [-0.39, 0.29) is 17.7 Å². The third kappa shape index (κ3) is 1.91. The molecule has 1 aromatic rings. The summed E-state index contributed by atoms with van der Waals surface area (Å²) in [5, 5.41) is 2.87. The minimum atomic E-state index is -0.0517. The smallest absolute Gasteiger partial charge is 0.217 e. The Kier molecular flexibility index (Phi) is 2.54. The molecule has 0 saturated heterocycles. The van der Waals surface area contributed by atoms with Crippen LogP contribution in [0.25, 0.3) is 0 Å². The molecule has 0 aromatic heterocycles. The van der Waals surface area contributed by atoms with Crippen LogP contribution in [0, 0.1) is 0 Å². The number of benzene rings is 1. The molecule has 15 heavy (non-hydrogen) atoms. The number of nitrogens with one attached hydrogen (secondary N) is 1. The van der Waals surface area contributed by atoms with Gasteiger partial charge in [0, 0.05) is 18.9 Å². The maximum absolute atomic E-state index is 11.6. The number of fused-ring (bicyclic) bond motifs is 1. The fraction of sp³-hybridized carbons (Fsp3) is 0.333. The molecular formula is C12H13NO2. The van der Waals surface area contributed by atoms with Gasteiger partial charge in [0.1, 0.15) is 0 Å². The second-order valence-electron chi connectivity index (χ2n) is 3.80. The van der Waals surface area contributed by atoms with Gasteiger partial charge in [-0.25, -0.2) is 0 Å². The summed E-state index contributed by atoms with van der Waals surface area (Å²) in [4.78, 5) is 22.6. The van der Waals surface area contributed by atoms with Crippen molar-refractivity contribution in [3.05, 3.63) is 35.4 Å². The van der Waals surface area contributed by atoms with Crippen LogP contribution in [0.15, 0.2) is 24.3 Å². The molecule has 1 aliphatic rings. The van der Waals surface area contributed by atoms with Gasteiger partial charge in [-0.05, 0) is 12.0 Å². The third-order valence-electron chi connectivity index (χ3n) is 2.67. The van der Waals surface area contributed by atoms with Crippen molar-refractivity contribution in [3.8, 4) is 0 Å². The maximum Gasteiger partial charge on any atom is 0.217 e. The lowest BCUT2D eigenvalue weighted by Gasteiger charge is -2.24. The summed E-state index contributed by atoms with van der Waals surface area (Å²) in [7, 11) is 0. The van der Waals surface area contributed by atoms with E-state index in [1.165, 1.54) is 6.92 Å². The molecule has 1 aliphatic carbocycles. The van der Waals surface area contributed by atoms with Gasteiger partial charge in [-0.15, -0.1) is 0 Å². The van der Waals surface area contributed by atoms with Gasteiger partial charge in [0.05, 0.1) is 6.04 Å². The first-order valence-electron chi connectivity index (χ1n) is 5.07.